The summed E-state index contributed by atoms with van der Waals surface area (Å²) in [6, 6.07) is 9.73. The monoisotopic (exact) mass is 335 g/mol. The number of methoxy groups -OCH3 is 1. The van der Waals surface area contributed by atoms with E-state index in [4.69, 9.17) is 5.73 Å². The summed E-state index contributed by atoms with van der Waals surface area (Å²) in [5, 5.41) is 2.78. The third kappa shape index (κ3) is 5.36. The van der Waals surface area contributed by atoms with Crippen LogP contribution >= 0.6 is 12.4 Å². The zero-order valence-electron chi connectivity index (χ0n) is 12.6. The average molecular weight is 336 g/mol. The number of hydrogen-bond donors (Lipinski definition) is 2. The van der Waals surface area contributed by atoms with Crippen molar-refractivity contribution in [1.29, 1.82) is 0 Å². The maximum absolute atomic E-state index is 12.0. The summed E-state index contributed by atoms with van der Waals surface area (Å²) in [6.45, 7) is 0. The molecule has 1 unspecified atom stereocenters. The first kappa shape index (κ1) is 18.6. The van der Waals surface area contributed by atoms with Gasteiger partial charge in [-0.25, -0.2) is 0 Å². The van der Waals surface area contributed by atoms with E-state index in [2.05, 4.69) is 15.0 Å². The molecule has 0 bridgehead atoms. The highest BCUT2D eigenvalue weighted by Gasteiger charge is 2.14. The number of aromatic nitrogens is 1. The summed E-state index contributed by atoms with van der Waals surface area (Å²) in [5.74, 6) is -0.656. The number of esters is 1. The lowest BCUT2D eigenvalue weighted by Crippen LogP contribution is -2.33. The molecule has 0 aliphatic carbocycles. The predicted octanol–water partition coefficient (Wildman–Crippen LogP) is 1.80. The fraction of sp³-hybridized carbons (Fsp3) is 0.188. The number of carbonyl (C=O) groups is 2. The van der Waals surface area contributed by atoms with Crippen molar-refractivity contribution in [1.82, 2.24) is 4.98 Å². The Morgan fingerprint density at radius 3 is 2.35 bits per heavy atom. The van der Waals surface area contributed by atoms with E-state index >= 15 is 0 Å². The van der Waals surface area contributed by atoms with Crippen molar-refractivity contribution in [3.05, 3.63) is 59.9 Å². The van der Waals surface area contributed by atoms with Crippen LogP contribution in [-0.4, -0.2) is 30.0 Å². The van der Waals surface area contributed by atoms with Crippen molar-refractivity contribution < 1.29 is 14.3 Å². The molecule has 1 aromatic heterocycles. The lowest BCUT2D eigenvalue weighted by atomic mass is 10.1. The Morgan fingerprint density at radius 2 is 1.78 bits per heavy atom. The highest BCUT2D eigenvalue weighted by Crippen LogP contribution is 2.12. The smallest absolute Gasteiger partial charge is 0.322 e. The second-order valence-electron chi connectivity index (χ2n) is 4.72. The Hall–Kier alpha value is -2.44. The number of halogens is 1. The molecule has 1 atom stereocenters. The molecule has 1 heterocycles. The zero-order chi connectivity index (χ0) is 15.9. The van der Waals surface area contributed by atoms with Crippen LogP contribution in [0.15, 0.2) is 48.8 Å². The fourth-order valence-electron chi connectivity index (χ4n) is 1.92. The van der Waals surface area contributed by atoms with E-state index in [0.717, 1.165) is 5.56 Å². The van der Waals surface area contributed by atoms with Gasteiger partial charge in [0, 0.05) is 23.6 Å². The maximum atomic E-state index is 12.0. The summed E-state index contributed by atoms with van der Waals surface area (Å²) in [7, 11) is 1.31. The molecule has 3 N–H and O–H groups in total. The molecule has 23 heavy (non-hydrogen) atoms. The minimum absolute atomic E-state index is 0. The molecule has 1 amide bonds. The van der Waals surface area contributed by atoms with Crippen molar-refractivity contribution in [3.63, 3.8) is 0 Å². The standard InChI is InChI=1S/C16H17N3O3.ClH/c1-22-16(21)14(17)10-11-2-4-13(5-3-11)19-15(20)12-6-8-18-9-7-12;/h2-9,14H,10,17H2,1H3,(H,19,20);1H. The van der Waals surface area contributed by atoms with Crippen LogP contribution in [0.3, 0.4) is 0 Å². The fourth-order valence-corrected chi connectivity index (χ4v) is 1.92. The molecule has 0 saturated carbocycles. The van der Waals surface area contributed by atoms with Crippen LogP contribution in [0.4, 0.5) is 5.69 Å². The number of anilines is 1. The molecule has 1 aromatic carbocycles. The second-order valence-corrected chi connectivity index (χ2v) is 4.72. The van der Waals surface area contributed by atoms with Crippen LogP contribution in [0, 0.1) is 0 Å². The first-order valence-electron chi connectivity index (χ1n) is 6.74. The molecule has 2 aromatic rings. The number of pyridine rings is 1. The van der Waals surface area contributed by atoms with Crippen LogP contribution < -0.4 is 11.1 Å². The largest absolute Gasteiger partial charge is 0.468 e. The summed E-state index contributed by atoms with van der Waals surface area (Å²) in [5.41, 5.74) is 7.79. The molecule has 0 saturated heterocycles. The van der Waals surface area contributed by atoms with Crippen molar-refractivity contribution in [3.8, 4) is 0 Å². The van der Waals surface area contributed by atoms with Crippen LogP contribution in [-0.2, 0) is 16.0 Å². The second kappa shape index (κ2) is 8.87. The van der Waals surface area contributed by atoms with Gasteiger partial charge < -0.3 is 15.8 Å². The summed E-state index contributed by atoms with van der Waals surface area (Å²) >= 11 is 0. The third-order valence-corrected chi connectivity index (χ3v) is 3.11. The average Bonchev–Trinajstić information content (AvgIpc) is 2.56. The van der Waals surface area contributed by atoms with Gasteiger partial charge in [0.2, 0.25) is 0 Å². The molecule has 122 valence electrons. The van der Waals surface area contributed by atoms with E-state index < -0.39 is 12.0 Å². The number of rotatable bonds is 5. The summed E-state index contributed by atoms with van der Waals surface area (Å²) in [4.78, 5) is 27.1. The molecule has 0 radical (unpaired) electrons. The van der Waals surface area contributed by atoms with E-state index in [1.807, 2.05) is 12.1 Å². The molecule has 2 rings (SSSR count). The first-order valence-corrected chi connectivity index (χ1v) is 6.74. The van der Waals surface area contributed by atoms with Gasteiger partial charge in [-0.05, 0) is 36.2 Å². The van der Waals surface area contributed by atoms with Gasteiger partial charge in [-0.15, -0.1) is 12.4 Å². The van der Waals surface area contributed by atoms with Crippen molar-refractivity contribution in [2.45, 2.75) is 12.5 Å². The van der Waals surface area contributed by atoms with Gasteiger partial charge in [-0.3, -0.25) is 14.6 Å². The highest BCUT2D eigenvalue weighted by molar-refractivity contribution is 6.04. The topological polar surface area (TPSA) is 94.3 Å². The van der Waals surface area contributed by atoms with E-state index in [0.29, 0.717) is 17.7 Å². The van der Waals surface area contributed by atoms with Gasteiger partial charge >= 0.3 is 5.97 Å². The van der Waals surface area contributed by atoms with E-state index in [1.54, 1.807) is 36.7 Å². The van der Waals surface area contributed by atoms with Gasteiger partial charge in [-0.2, -0.15) is 0 Å². The summed E-state index contributed by atoms with van der Waals surface area (Å²) in [6.07, 6.45) is 3.50. The molecular formula is C16H18ClN3O3. The number of nitrogens with zero attached hydrogens (tertiary/aromatic N) is 1. The van der Waals surface area contributed by atoms with Gasteiger partial charge in [0.1, 0.15) is 6.04 Å². The van der Waals surface area contributed by atoms with Gasteiger partial charge in [0.25, 0.3) is 5.91 Å². The number of benzene rings is 1. The van der Waals surface area contributed by atoms with Crippen molar-refractivity contribution in [2.75, 3.05) is 12.4 Å². The van der Waals surface area contributed by atoms with Gasteiger partial charge in [-0.1, -0.05) is 12.1 Å². The molecule has 7 heteroatoms. The van der Waals surface area contributed by atoms with Gasteiger partial charge in [0.05, 0.1) is 7.11 Å². The molecule has 0 fully saturated rings. The molecule has 0 spiro atoms. The molecule has 0 aliphatic heterocycles. The van der Waals surface area contributed by atoms with Crippen molar-refractivity contribution in [2.24, 2.45) is 5.73 Å². The number of hydrogen-bond acceptors (Lipinski definition) is 5. The van der Waals surface area contributed by atoms with Crippen LogP contribution in [0.5, 0.6) is 0 Å². The van der Waals surface area contributed by atoms with Crippen molar-refractivity contribution >= 4 is 30.0 Å². The quantitative estimate of drug-likeness (QED) is 0.812. The van der Waals surface area contributed by atoms with Crippen LogP contribution in [0.1, 0.15) is 15.9 Å². The summed E-state index contributed by atoms with van der Waals surface area (Å²) < 4.78 is 4.58. The van der Waals surface area contributed by atoms with E-state index in [-0.39, 0.29) is 18.3 Å². The maximum Gasteiger partial charge on any atom is 0.322 e. The minimum Gasteiger partial charge on any atom is -0.468 e. The number of carbonyl (C=O) groups excluding carboxylic acids is 2. The normalized spacial score (nSPS) is 11.0. The van der Waals surface area contributed by atoms with Crippen LogP contribution in [0.25, 0.3) is 0 Å². The Balaban J connectivity index is 0.00000264. The Kier molecular flexibility index (Phi) is 7.18. The van der Waals surface area contributed by atoms with E-state index in [1.165, 1.54) is 7.11 Å². The predicted molar refractivity (Wildman–Crippen MR) is 89.6 cm³/mol. The SMILES string of the molecule is COC(=O)C(N)Cc1ccc(NC(=O)c2ccncc2)cc1.Cl. The third-order valence-electron chi connectivity index (χ3n) is 3.11. The van der Waals surface area contributed by atoms with E-state index in [9.17, 15) is 9.59 Å². The number of ether oxygens (including phenoxy) is 1. The highest BCUT2D eigenvalue weighted by atomic mass is 35.5. The Labute approximate surface area is 140 Å². The lowest BCUT2D eigenvalue weighted by molar-refractivity contribution is -0.142. The Bertz CT molecular complexity index is 647. The first-order chi connectivity index (χ1) is 10.6. The lowest BCUT2D eigenvalue weighted by Gasteiger charge is -2.10. The number of nitrogens with two attached hydrogens (primary N) is 1. The number of nitrogens with one attached hydrogen (secondary N) is 1. The van der Waals surface area contributed by atoms with Gasteiger partial charge in [0.15, 0.2) is 0 Å². The molecule has 0 aliphatic rings. The minimum atomic E-state index is -0.692. The molecular weight excluding hydrogens is 318 g/mol. The molecule has 6 nitrogen and oxygen atoms in total. The van der Waals surface area contributed by atoms with Crippen LogP contribution in [0.2, 0.25) is 0 Å². The Morgan fingerprint density at radius 1 is 1.17 bits per heavy atom. The number of amides is 1. The zero-order valence-corrected chi connectivity index (χ0v) is 13.4.